The lowest BCUT2D eigenvalue weighted by Crippen LogP contribution is -2.50. The molecule has 0 aromatic carbocycles. The van der Waals surface area contributed by atoms with Crippen LogP contribution < -0.4 is 0 Å². The van der Waals surface area contributed by atoms with E-state index in [1.54, 1.807) is 0 Å². The molecule has 3 rings (SSSR count). The predicted octanol–water partition coefficient (Wildman–Crippen LogP) is 3.12. The van der Waals surface area contributed by atoms with Gasteiger partial charge in [-0.05, 0) is 32.1 Å². The second-order valence-electron chi connectivity index (χ2n) is 8.42. The summed E-state index contributed by atoms with van der Waals surface area (Å²) in [5.41, 5.74) is 0. The largest absolute Gasteiger partial charge is 0.481 e. The first-order valence-electron chi connectivity index (χ1n) is 11.1. The third-order valence-electron chi connectivity index (χ3n) is 6.40. The maximum atomic E-state index is 10.8. The molecule has 162 valence electrons. The molecule has 5 unspecified atom stereocenters. The molecule has 0 bridgehead atoms. The van der Waals surface area contributed by atoms with Crippen LogP contribution in [0.1, 0.15) is 64.2 Å². The number of rotatable bonds is 10. The van der Waals surface area contributed by atoms with Gasteiger partial charge in [0.25, 0.3) is 0 Å². The van der Waals surface area contributed by atoms with Crippen LogP contribution in [0.15, 0.2) is 0 Å². The van der Waals surface area contributed by atoms with Crippen LogP contribution in [0.2, 0.25) is 0 Å². The van der Waals surface area contributed by atoms with Gasteiger partial charge in [-0.3, -0.25) is 9.69 Å². The van der Waals surface area contributed by atoms with Crippen molar-refractivity contribution in [3.05, 3.63) is 0 Å². The Morgan fingerprint density at radius 1 is 1.14 bits per heavy atom. The summed E-state index contributed by atoms with van der Waals surface area (Å²) in [6, 6.07) is 0.278. The summed E-state index contributed by atoms with van der Waals surface area (Å²) in [5, 5.41) is 19.6. The number of unbranched alkanes of at least 4 members (excludes halogenated alkanes) is 3. The van der Waals surface area contributed by atoms with Crippen LogP contribution in [0.4, 0.5) is 0 Å². The van der Waals surface area contributed by atoms with Gasteiger partial charge in [-0.15, -0.1) is 0 Å². The summed E-state index contributed by atoms with van der Waals surface area (Å²) < 4.78 is 12.2. The van der Waals surface area contributed by atoms with E-state index in [9.17, 15) is 9.90 Å². The zero-order chi connectivity index (χ0) is 19.8. The minimum absolute atomic E-state index is 0.0539. The molecule has 1 aliphatic carbocycles. The number of ether oxygens (including phenoxy) is 2. The quantitative estimate of drug-likeness (QED) is 0.531. The number of thioether (sulfide) groups is 1. The molecule has 0 radical (unpaired) electrons. The van der Waals surface area contributed by atoms with E-state index in [0.29, 0.717) is 6.42 Å². The first-order valence-corrected chi connectivity index (χ1v) is 12.3. The number of aliphatic hydroxyl groups excluding tert-OH is 1. The third-order valence-corrected chi connectivity index (χ3v) is 7.34. The van der Waals surface area contributed by atoms with E-state index in [1.165, 1.54) is 0 Å². The highest BCUT2D eigenvalue weighted by molar-refractivity contribution is 7.99. The van der Waals surface area contributed by atoms with Crippen molar-refractivity contribution in [2.45, 2.75) is 88.7 Å². The maximum Gasteiger partial charge on any atom is 0.303 e. The molecule has 2 saturated heterocycles. The average Bonchev–Trinajstić information content (AvgIpc) is 3.00. The molecule has 2 heterocycles. The second-order valence-corrected chi connectivity index (χ2v) is 9.65. The predicted molar refractivity (Wildman–Crippen MR) is 111 cm³/mol. The average molecular weight is 416 g/mol. The van der Waals surface area contributed by atoms with Crippen molar-refractivity contribution in [3.8, 4) is 0 Å². The van der Waals surface area contributed by atoms with E-state index < -0.39 is 5.97 Å². The fraction of sp³-hybridized carbons (Fsp3) is 0.952. The molecule has 5 atom stereocenters. The summed E-state index contributed by atoms with van der Waals surface area (Å²) >= 11 is 2.01. The van der Waals surface area contributed by atoms with Crippen molar-refractivity contribution in [1.29, 1.82) is 0 Å². The number of aliphatic carboxylic acids is 1. The Morgan fingerprint density at radius 3 is 2.64 bits per heavy atom. The van der Waals surface area contributed by atoms with E-state index in [4.69, 9.17) is 14.6 Å². The maximum absolute atomic E-state index is 10.8. The van der Waals surface area contributed by atoms with Crippen LogP contribution in [-0.4, -0.2) is 76.8 Å². The van der Waals surface area contributed by atoms with E-state index in [-0.39, 0.29) is 36.9 Å². The molecule has 0 aromatic heterocycles. The minimum atomic E-state index is -0.709. The zero-order valence-electron chi connectivity index (χ0n) is 17.0. The van der Waals surface area contributed by atoms with Gasteiger partial charge in [-0.1, -0.05) is 19.3 Å². The Kier molecular flexibility index (Phi) is 9.37. The molecule has 1 saturated carbocycles. The van der Waals surface area contributed by atoms with Crippen LogP contribution in [-0.2, 0) is 14.3 Å². The summed E-state index contributed by atoms with van der Waals surface area (Å²) in [6.45, 7) is 2.93. The summed E-state index contributed by atoms with van der Waals surface area (Å²) in [4.78, 5) is 13.2. The van der Waals surface area contributed by atoms with Gasteiger partial charge >= 0.3 is 5.97 Å². The number of carboxylic acid groups (broad SMARTS) is 1. The van der Waals surface area contributed by atoms with Gasteiger partial charge in [-0.2, -0.15) is 11.8 Å². The van der Waals surface area contributed by atoms with E-state index in [2.05, 4.69) is 4.90 Å². The van der Waals surface area contributed by atoms with Crippen LogP contribution in [0.3, 0.4) is 0 Å². The van der Waals surface area contributed by atoms with Crippen molar-refractivity contribution >= 4 is 17.7 Å². The highest BCUT2D eigenvalue weighted by Gasteiger charge is 2.46. The SMILES string of the molecule is O=C(O)CCCCCCC1C(O)CC(OC2CCCCO2)C1N1CCSCC1. The molecular formula is C21H37NO5S. The summed E-state index contributed by atoms with van der Waals surface area (Å²) in [7, 11) is 0. The van der Waals surface area contributed by atoms with E-state index in [0.717, 1.165) is 82.6 Å². The molecule has 28 heavy (non-hydrogen) atoms. The summed E-state index contributed by atoms with van der Waals surface area (Å²) in [6.07, 6.45) is 8.62. The van der Waals surface area contributed by atoms with Gasteiger partial charge in [0.05, 0.1) is 12.2 Å². The molecule has 2 aliphatic heterocycles. The van der Waals surface area contributed by atoms with Gasteiger partial charge in [0.15, 0.2) is 6.29 Å². The lowest BCUT2D eigenvalue weighted by Gasteiger charge is -2.39. The third kappa shape index (κ3) is 6.59. The van der Waals surface area contributed by atoms with Crippen LogP contribution in [0.5, 0.6) is 0 Å². The normalized spacial score (nSPS) is 34.5. The van der Waals surface area contributed by atoms with Crippen LogP contribution in [0.25, 0.3) is 0 Å². The lowest BCUT2D eigenvalue weighted by molar-refractivity contribution is -0.197. The molecule has 3 aliphatic rings. The summed E-state index contributed by atoms with van der Waals surface area (Å²) in [5.74, 6) is 1.85. The Balaban J connectivity index is 1.54. The molecule has 0 spiro atoms. The standard InChI is InChI=1S/C21H37NO5S/c23-17-15-18(27-20-9-5-6-12-26-20)21(22-10-13-28-14-11-22)16(17)7-3-1-2-4-8-19(24)25/h16-18,20-21,23H,1-15H2,(H,24,25). The number of hydrogen-bond acceptors (Lipinski definition) is 6. The van der Waals surface area contributed by atoms with Gasteiger partial charge in [0.2, 0.25) is 0 Å². The minimum Gasteiger partial charge on any atom is -0.481 e. The Labute approximate surface area is 173 Å². The van der Waals surface area contributed by atoms with Crippen LogP contribution >= 0.6 is 11.8 Å². The Bertz CT molecular complexity index is 468. The molecule has 0 aromatic rings. The van der Waals surface area contributed by atoms with Gasteiger partial charge < -0.3 is 19.7 Å². The molecule has 2 N–H and O–H groups in total. The second kappa shape index (κ2) is 11.7. The van der Waals surface area contributed by atoms with Crippen LogP contribution in [0, 0.1) is 5.92 Å². The molecular weight excluding hydrogens is 378 g/mol. The van der Waals surface area contributed by atoms with Gasteiger partial charge in [0, 0.05) is 56.0 Å². The van der Waals surface area contributed by atoms with Crippen molar-refractivity contribution in [2.75, 3.05) is 31.2 Å². The van der Waals surface area contributed by atoms with Crippen molar-refractivity contribution in [3.63, 3.8) is 0 Å². The first kappa shape index (κ1) is 22.3. The zero-order valence-corrected chi connectivity index (χ0v) is 17.8. The monoisotopic (exact) mass is 415 g/mol. The first-order chi connectivity index (χ1) is 13.6. The van der Waals surface area contributed by atoms with Crippen molar-refractivity contribution in [2.24, 2.45) is 5.92 Å². The number of nitrogens with zero attached hydrogens (tertiary/aromatic N) is 1. The highest BCUT2D eigenvalue weighted by Crippen LogP contribution is 2.38. The van der Waals surface area contributed by atoms with Gasteiger partial charge in [-0.25, -0.2) is 0 Å². The van der Waals surface area contributed by atoms with E-state index in [1.807, 2.05) is 11.8 Å². The fourth-order valence-electron chi connectivity index (χ4n) is 4.96. The topological polar surface area (TPSA) is 79.2 Å². The van der Waals surface area contributed by atoms with Gasteiger partial charge in [0.1, 0.15) is 0 Å². The fourth-order valence-corrected chi connectivity index (χ4v) is 5.89. The lowest BCUT2D eigenvalue weighted by atomic mass is 9.92. The number of aliphatic hydroxyl groups is 1. The molecule has 6 nitrogen and oxygen atoms in total. The Hall–Kier alpha value is -0.340. The molecule has 3 fully saturated rings. The Morgan fingerprint density at radius 2 is 1.93 bits per heavy atom. The molecule has 0 amide bonds. The van der Waals surface area contributed by atoms with Crippen molar-refractivity contribution < 1.29 is 24.5 Å². The van der Waals surface area contributed by atoms with Crippen molar-refractivity contribution in [1.82, 2.24) is 4.90 Å². The highest BCUT2D eigenvalue weighted by atomic mass is 32.2. The number of hydrogen-bond donors (Lipinski definition) is 2. The smallest absolute Gasteiger partial charge is 0.303 e. The van der Waals surface area contributed by atoms with E-state index >= 15 is 0 Å². The number of carboxylic acids is 1. The molecule has 7 heteroatoms. The number of carbonyl (C=O) groups is 1.